The number of nitrogens with two attached hydrogens (primary N) is 1. The lowest BCUT2D eigenvalue weighted by molar-refractivity contribution is 0.624. The maximum Gasteiger partial charge on any atom is 0.123 e. The quantitative estimate of drug-likeness (QED) is 0.906. The van der Waals surface area contributed by atoms with Crippen molar-refractivity contribution in [1.29, 1.82) is 0 Å². The van der Waals surface area contributed by atoms with E-state index in [1.807, 2.05) is 37.3 Å². The molecule has 0 aliphatic heterocycles. The SMILES string of the molecule is Cc1cc(F)ccc1CC(N)c1ccc(Br)cc1. The van der Waals surface area contributed by atoms with Gasteiger partial charge in [-0.15, -0.1) is 0 Å². The third kappa shape index (κ3) is 3.18. The molecule has 0 spiro atoms. The molecule has 1 unspecified atom stereocenters. The Balaban J connectivity index is 2.15. The summed E-state index contributed by atoms with van der Waals surface area (Å²) in [7, 11) is 0. The van der Waals surface area contributed by atoms with Crippen molar-refractivity contribution in [2.75, 3.05) is 0 Å². The molecule has 0 bridgehead atoms. The largest absolute Gasteiger partial charge is 0.324 e. The van der Waals surface area contributed by atoms with Crippen molar-refractivity contribution >= 4 is 15.9 Å². The molecule has 18 heavy (non-hydrogen) atoms. The normalized spacial score (nSPS) is 12.4. The number of rotatable bonds is 3. The lowest BCUT2D eigenvalue weighted by Gasteiger charge is -2.14. The first-order valence-electron chi connectivity index (χ1n) is 5.82. The molecule has 0 radical (unpaired) electrons. The highest BCUT2D eigenvalue weighted by atomic mass is 79.9. The summed E-state index contributed by atoms with van der Waals surface area (Å²) in [5.74, 6) is -0.200. The first-order chi connectivity index (χ1) is 8.56. The van der Waals surface area contributed by atoms with Crippen molar-refractivity contribution in [3.8, 4) is 0 Å². The van der Waals surface area contributed by atoms with Gasteiger partial charge in [-0.3, -0.25) is 0 Å². The number of hydrogen-bond donors (Lipinski definition) is 1. The van der Waals surface area contributed by atoms with Gasteiger partial charge in [0, 0.05) is 10.5 Å². The van der Waals surface area contributed by atoms with E-state index in [-0.39, 0.29) is 11.9 Å². The van der Waals surface area contributed by atoms with Crippen LogP contribution in [0.25, 0.3) is 0 Å². The predicted molar refractivity (Wildman–Crippen MR) is 75.9 cm³/mol. The van der Waals surface area contributed by atoms with Gasteiger partial charge in [-0.05, 0) is 54.3 Å². The van der Waals surface area contributed by atoms with Crippen LogP contribution in [0, 0.1) is 12.7 Å². The minimum Gasteiger partial charge on any atom is -0.324 e. The molecule has 2 rings (SSSR count). The second-order valence-corrected chi connectivity index (χ2v) is 5.35. The summed E-state index contributed by atoms with van der Waals surface area (Å²) in [6, 6.07) is 12.7. The standard InChI is InChI=1S/C15H15BrFN/c1-10-8-14(17)7-4-12(10)9-15(18)11-2-5-13(16)6-3-11/h2-8,15H,9,18H2,1H3. The van der Waals surface area contributed by atoms with Gasteiger partial charge in [-0.25, -0.2) is 4.39 Å². The summed E-state index contributed by atoms with van der Waals surface area (Å²) >= 11 is 3.40. The summed E-state index contributed by atoms with van der Waals surface area (Å²) < 4.78 is 14.1. The van der Waals surface area contributed by atoms with Gasteiger partial charge in [0.15, 0.2) is 0 Å². The van der Waals surface area contributed by atoms with Crippen LogP contribution < -0.4 is 5.73 Å². The first-order valence-corrected chi connectivity index (χ1v) is 6.61. The molecule has 0 aliphatic rings. The van der Waals surface area contributed by atoms with Crippen LogP contribution in [0.1, 0.15) is 22.7 Å². The third-order valence-electron chi connectivity index (χ3n) is 3.04. The second-order valence-electron chi connectivity index (χ2n) is 4.43. The van der Waals surface area contributed by atoms with E-state index < -0.39 is 0 Å². The van der Waals surface area contributed by atoms with Gasteiger partial charge < -0.3 is 5.73 Å². The lowest BCUT2D eigenvalue weighted by Crippen LogP contribution is -2.13. The summed E-state index contributed by atoms with van der Waals surface area (Å²) in [6.07, 6.45) is 0.716. The zero-order valence-electron chi connectivity index (χ0n) is 10.2. The third-order valence-corrected chi connectivity index (χ3v) is 3.57. The van der Waals surface area contributed by atoms with Crippen LogP contribution in [-0.2, 0) is 6.42 Å². The zero-order chi connectivity index (χ0) is 13.1. The Morgan fingerprint density at radius 3 is 2.44 bits per heavy atom. The van der Waals surface area contributed by atoms with Gasteiger partial charge >= 0.3 is 0 Å². The van der Waals surface area contributed by atoms with Gasteiger partial charge in [0.05, 0.1) is 0 Å². The number of benzene rings is 2. The number of aryl methyl sites for hydroxylation is 1. The molecule has 0 heterocycles. The highest BCUT2D eigenvalue weighted by Gasteiger charge is 2.09. The molecule has 1 atom stereocenters. The molecule has 2 aromatic rings. The molecule has 0 saturated heterocycles. The predicted octanol–water partition coefficient (Wildman–Crippen LogP) is 4.14. The van der Waals surface area contributed by atoms with Crippen LogP contribution in [0.3, 0.4) is 0 Å². The van der Waals surface area contributed by atoms with Crippen molar-refractivity contribution < 1.29 is 4.39 Å². The van der Waals surface area contributed by atoms with Crippen molar-refractivity contribution in [1.82, 2.24) is 0 Å². The summed E-state index contributed by atoms with van der Waals surface area (Å²) in [6.45, 7) is 1.91. The van der Waals surface area contributed by atoms with E-state index in [0.29, 0.717) is 6.42 Å². The molecule has 3 heteroatoms. The molecule has 1 nitrogen and oxygen atoms in total. The Morgan fingerprint density at radius 2 is 1.83 bits per heavy atom. The Kier molecular flexibility index (Phi) is 4.15. The Labute approximate surface area is 115 Å². The van der Waals surface area contributed by atoms with Gasteiger partial charge in [-0.2, -0.15) is 0 Å². The van der Waals surface area contributed by atoms with Crippen LogP contribution in [0.4, 0.5) is 4.39 Å². The molecular weight excluding hydrogens is 293 g/mol. The maximum atomic E-state index is 13.0. The van der Waals surface area contributed by atoms with Gasteiger partial charge in [0.25, 0.3) is 0 Å². The second kappa shape index (κ2) is 5.63. The minimum absolute atomic E-state index is 0.0674. The van der Waals surface area contributed by atoms with Crippen LogP contribution >= 0.6 is 15.9 Å². The molecule has 0 fully saturated rings. The molecular formula is C15H15BrFN. The molecule has 0 aromatic heterocycles. The minimum atomic E-state index is -0.200. The molecule has 2 N–H and O–H groups in total. The van der Waals surface area contributed by atoms with Gasteiger partial charge in [0.2, 0.25) is 0 Å². The number of halogens is 2. The van der Waals surface area contributed by atoms with Crippen molar-refractivity contribution in [2.24, 2.45) is 5.73 Å². The molecule has 0 amide bonds. The Hall–Kier alpha value is -1.19. The Bertz CT molecular complexity index is 537. The monoisotopic (exact) mass is 307 g/mol. The molecule has 0 saturated carbocycles. The average Bonchev–Trinajstić information content (AvgIpc) is 2.33. The van der Waals surface area contributed by atoms with Crippen molar-refractivity contribution in [3.63, 3.8) is 0 Å². The average molecular weight is 308 g/mol. The fourth-order valence-corrected chi connectivity index (χ4v) is 2.22. The number of hydrogen-bond acceptors (Lipinski definition) is 1. The summed E-state index contributed by atoms with van der Waals surface area (Å²) in [5.41, 5.74) is 9.30. The van der Waals surface area contributed by atoms with E-state index in [0.717, 1.165) is 21.2 Å². The highest BCUT2D eigenvalue weighted by molar-refractivity contribution is 9.10. The Morgan fingerprint density at radius 1 is 1.17 bits per heavy atom. The van der Waals surface area contributed by atoms with E-state index in [4.69, 9.17) is 5.73 Å². The first kappa shape index (κ1) is 13.2. The van der Waals surface area contributed by atoms with Crippen LogP contribution in [0.15, 0.2) is 46.9 Å². The summed E-state index contributed by atoms with van der Waals surface area (Å²) in [5, 5.41) is 0. The van der Waals surface area contributed by atoms with Gasteiger partial charge in [-0.1, -0.05) is 34.1 Å². The molecule has 2 aromatic carbocycles. The smallest absolute Gasteiger partial charge is 0.123 e. The van der Waals surface area contributed by atoms with E-state index in [1.165, 1.54) is 6.07 Å². The fourth-order valence-electron chi connectivity index (χ4n) is 1.95. The van der Waals surface area contributed by atoms with Crippen molar-refractivity contribution in [3.05, 3.63) is 69.4 Å². The lowest BCUT2D eigenvalue weighted by atomic mass is 9.97. The topological polar surface area (TPSA) is 26.0 Å². The van der Waals surface area contributed by atoms with Crippen LogP contribution in [0.2, 0.25) is 0 Å². The summed E-state index contributed by atoms with van der Waals surface area (Å²) in [4.78, 5) is 0. The fraction of sp³-hybridized carbons (Fsp3) is 0.200. The van der Waals surface area contributed by atoms with E-state index >= 15 is 0 Å². The van der Waals surface area contributed by atoms with E-state index in [2.05, 4.69) is 15.9 Å². The zero-order valence-corrected chi connectivity index (χ0v) is 11.7. The molecule has 94 valence electrons. The van der Waals surface area contributed by atoms with E-state index in [1.54, 1.807) is 6.07 Å². The van der Waals surface area contributed by atoms with Crippen LogP contribution in [0.5, 0.6) is 0 Å². The van der Waals surface area contributed by atoms with E-state index in [9.17, 15) is 4.39 Å². The van der Waals surface area contributed by atoms with Crippen LogP contribution in [-0.4, -0.2) is 0 Å². The molecule has 0 aliphatic carbocycles. The van der Waals surface area contributed by atoms with Gasteiger partial charge in [0.1, 0.15) is 5.82 Å². The highest BCUT2D eigenvalue weighted by Crippen LogP contribution is 2.21. The maximum absolute atomic E-state index is 13.0. The van der Waals surface area contributed by atoms with Crippen molar-refractivity contribution in [2.45, 2.75) is 19.4 Å².